The largest absolute Gasteiger partial charge is 0.481 e. The van der Waals surface area contributed by atoms with E-state index in [0.29, 0.717) is 0 Å². The second-order valence-corrected chi connectivity index (χ2v) is 3.96. The Morgan fingerprint density at radius 1 is 1.32 bits per heavy atom. The topological polar surface area (TPSA) is 104 Å². The molecule has 0 aromatic heterocycles. The lowest BCUT2D eigenvalue weighted by Crippen LogP contribution is -2.22. The minimum absolute atomic E-state index is 0.229. The molecule has 19 heavy (non-hydrogen) atoms. The maximum atomic E-state index is 11.5. The highest BCUT2D eigenvalue weighted by atomic mass is 16.5. The molecule has 0 spiro atoms. The third-order valence-electron chi connectivity index (χ3n) is 2.49. The van der Waals surface area contributed by atoms with E-state index in [9.17, 15) is 19.8 Å². The van der Waals surface area contributed by atoms with Crippen LogP contribution in [0.25, 0.3) is 0 Å². The van der Waals surface area contributed by atoms with Crippen LogP contribution in [0.1, 0.15) is 35.4 Å². The SMILES string of the molecule is CCOC(=O)c1cccc(C(O)C(O)CC(=O)O)c1. The zero-order valence-corrected chi connectivity index (χ0v) is 10.4. The average molecular weight is 268 g/mol. The number of rotatable bonds is 6. The third kappa shape index (κ3) is 4.35. The Hall–Kier alpha value is -1.92. The van der Waals surface area contributed by atoms with Gasteiger partial charge < -0.3 is 20.1 Å². The Morgan fingerprint density at radius 2 is 2.00 bits per heavy atom. The van der Waals surface area contributed by atoms with Crippen molar-refractivity contribution >= 4 is 11.9 Å². The van der Waals surface area contributed by atoms with Crippen LogP contribution in [0.2, 0.25) is 0 Å². The van der Waals surface area contributed by atoms with Crippen molar-refractivity contribution in [2.24, 2.45) is 0 Å². The molecule has 0 aliphatic carbocycles. The van der Waals surface area contributed by atoms with Crippen molar-refractivity contribution in [2.45, 2.75) is 25.6 Å². The number of carboxylic acid groups (broad SMARTS) is 1. The lowest BCUT2D eigenvalue weighted by atomic mass is 10.0. The molecule has 0 fully saturated rings. The fraction of sp³-hybridized carbons (Fsp3) is 0.385. The summed E-state index contributed by atoms with van der Waals surface area (Å²) < 4.78 is 4.81. The van der Waals surface area contributed by atoms with Crippen LogP contribution in [0.15, 0.2) is 24.3 Å². The lowest BCUT2D eigenvalue weighted by molar-refractivity contribution is -0.141. The first-order valence-electron chi connectivity index (χ1n) is 5.80. The van der Waals surface area contributed by atoms with Gasteiger partial charge in [-0.2, -0.15) is 0 Å². The molecule has 104 valence electrons. The van der Waals surface area contributed by atoms with E-state index in [1.807, 2.05) is 0 Å². The van der Waals surface area contributed by atoms with Gasteiger partial charge in [0.1, 0.15) is 6.10 Å². The van der Waals surface area contributed by atoms with Crippen molar-refractivity contribution in [3.05, 3.63) is 35.4 Å². The van der Waals surface area contributed by atoms with E-state index >= 15 is 0 Å². The van der Waals surface area contributed by atoms with Gasteiger partial charge in [0.15, 0.2) is 0 Å². The minimum atomic E-state index is -1.44. The van der Waals surface area contributed by atoms with Gasteiger partial charge in [-0.1, -0.05) is 12.1 Å². The summed E-state index contributed by atoms with van der Waals surface area (Å²) in [6.45, 7) is 1.90. The molecule has 1 aromatic rings. The van der Waals surface area contributed by atoms with Gasteiger partial charge in [0.25, 0.3) is 0 Å². The Bertz CT molecular complexity index is 456. The standard InChI is InChI=1S/C13H16O6/c1-2-19-13(18)9-5-3-4-8(6-9)12(17)10(14)7-11(15)16/h3-6,10,12,14,17H,2,7H2,1H3,(H,15,16). The Kier molecular flexibility index (Phi) is 5.47. The number of benzene rings is 1. The number of carbonyl (C=O) groups excluding carboxylic acids is 1. The molecule has 0 amide bonds. The summed E-state index contributed by atoms with van der Waals surface area (Å²) in [6.07, 6.45) is -3.38. The first-order valence-corrected chi connectivity index (χ1v) is 5.80. The smallest absolute Gasteiger partial charge is 0.338 e. The van der Waals surface area contributed by atoms with Crippen LogP contribution in [-0.2, 0) is 9.53 Å². The van der Waals surface area contributed by atoms with Gasteiger partial charge in [-0.15, -0.1) is 0 Å². The van der Waals surface area contributed by atoms with Gasteiger partial charge in [-0.05, 0) is 24.6 Å². The molecule has 0 bridgehead atoms. The molecule has 6 heteroatoms. The van der Waals surface area contributed by atoms with Gasteiger partial charge in [-0.25, -0.2) is 4.79 Å². The van der Waals surface area contributed by atoms with Crippen molar-refractivity contribution in [1.29, 1.82) is 0 Å². The summed E-state index contributed by atoms with van der Waals surface area (Å²) in [5, 5.41) is 27.9. The first-order chi connectivity index (χ1) is 8.95. The zero-order valence-electron chi connectivity index (χ0n) is 10.4. The molecule has 1 rings (SSSR count). The molecule has 0 aliphatic heterocycles. The Morgan fingerprint density at radius 3 is 2.58 bits per heavy atom. The van der Waals surface area contributed by atoms with Crippen molar-refractivity contribution in [3.63, 3.8) is 0 Å². The number of carboxylic acids is 1. The number of aliphatic carboxylic acids is 1. The summed E-state index contributed by atoms with van der Waals surface area (Å²) >= 11 is 0. The summed E-state index contributed by atoms with van der Waals surface area (Å²) in [6, 6.07) is 5.91. The molecule has 1 aromatic carbocycles. The van der Waals surface area contributed by atoms with E-state index in [4.69, 9.17) is 9.84 Å². The molecule has 2 unspecified atom stereocenters. The quantitative estimate of drug-likeness (QED) is 0.657. The van der Waals surface area contributed by atoms with Crippen LogP contribution in [0, 0.1) is 0 Å². The van der Waals surface area contributed by atoms with Crippen LogP contribution in [0.4, 0.5) is 0 Å². The number of esters is 1. The van der Waals surface area contributed by atoms with Crippen molar-refractivity contribution in [3.8, 4) is 0 Å². The number of carbonyl (C=O) groups is 2. The number of aliphatic hydroxyl groups is 2. The maximum Gasteiger partial charge on any atom is 0.338 e. The first kappa shape index (κ1) is 15.1. The minimum Gasteiger partial charge on any atom is -0.481 e. The van der Waals surface area contributed by atoms with E-state index in [0.717, 1.165) is 0 Å². The Labute approximate surface area is 110 Å². The van der Waals surface area contributed by atoms with E-state index in [-0.39, 0.29) is 17.7 Å². The summed E-state index contributed by atoms with van der Waals surface area (Å²) in [5.41, 5.74) is 0.500. The summed E-state index contributed by atoms with van der Waals surface area (Å²) in [7, 11) is 0. The van der Waals surface area contributed by atoms with E-state index in [1.165, 1.54) is 24.3 Å². The van der Waals surface area contributed by atoms with Crippen LogP contribution >= 0.6 is 0 Å². The predicted molar refractivity (Wildman–Crippen MR) is 65.6 cm³/mol. The Balaban J connectivity index is 2.86. The summed E-state index contributed by atoms with van der Waals surface area (Å²) in [5.74, 6) is -1.75. The molecule has 0 aliphatic rings. The van der Waals surface area contributed by atoms with Crippen LogP contribution in [0.3, 0.4) is 0 Å². The fourth-order valence-electron chi connectivity index (χ4n) is 1.58. The molecular weight excluding hydrogens is 252 g/mol. The predicted octanol–water partition coefficient (Wildman–Crippen LogP) is 0.732. The van der Waals surface area contributed by atoms with Crippen LogP contribution in [-0.4, -0.2) is 40.0 Å². The molecule has 2 atom stereocenters. The molecular formula is C13H16O6. The molecule has 0 saturated carbocycles. The van der Waals surface area contributed by atoms with Gasteiger partial charge in [0.2, 0.25) is 0 Å². The molecule has 0 radical (unpaired) electrons. The van der Waals surface area contributed by atoms with Crippen molar-refractivity contribution in [1.82, 2.24) is 0 Å². The zero-order chi connectivity index (χ0) is 14.4. The van der Waals surface area contributed by atoms with Gasteiger partial charge >= 0.3 is 11.9 Å². The second-order valence-electron chi connectivity index (χ2n) is 3.96. The van der Waals surface area contributed by atoms with E-state index < -0.39 is 30.6 Å². The molecule has 0 heterocycles. The fourth-order valence-corrected chi connectivity index (χ4v) is 1.58. The molecule has 0 saturated heterocycles. The van der Waals surface area contributed by atoms with Crippen molar-refractivity contribution < 1.29 is 29.6 Å². The van der Waals surface area contributed by atoms with E-state index in [1.54, 1.807) is 6.92 Å². The second kappa shape index (κ2) is 6.86. The van der Waals surface area contributed by atoms with Gasteiger partial charge in [0.05, 0.1) is 24.7 Å². The van der Waals surface area contributed by atoms with Crippen LogP contribution < -0.4 is 0 Å². The number of aliphatic hydroxyl groups excluding tert-OH is 2. The van der Waals surface area contributed by atoms with Crippen molar-refractivity contribution in [2.75, 3.05) is 6.61 Å². The monoisotopic (exact) mass is 268 g/mol. The third-order valence-corrected chi connectivity index (χ3v) is 2.49. The maximum absolute atomic E-state index is 11.5. The van der Waals surface area contributed by atoms with E-state index in [2.05, 4.69) is 0 Å². The lowest BCUT2D eigenvalue weighted by Gasteiger charge is -2.17. The van der Waals surface area contributed by atoms with Gasteiger partial charge in [-0.3, -0.25) is 4.79 Å². The average Bonchev–Trinajstić information content (AvgIpc) is 2.37. The summed E-state index contributed by atoms with van der Waals surface area (Å²) in [4.78, 5) is 22.0. The highest BCUT2D eigenvalue weighted by Crippen LogP contribution is 2.20. The van der Waals surface area contributed by atoms with Gasteiger partial charge in [0, 0.05) is 0 Å². The normalized spacial score (nSPS) is 13.6. The number of hydrogen-bond donors (Lipinski definition) is 3. The molecule has 6 nitrogen and oxygen atoms in total. The number of hydrogen-bond acceptors (Lipinski definition) is 5. The van der Waals surface area contributed by atoms with Crippen LogP contribution in [0.5, 0.6) is 0 Å². The molecule has 3 N–H and O–H groups in total. The highest BCUT2D eigenvalue weighted by molar-refractivity contribution is 5.89. The highest BCUT2D eigenvalue weighted by Gasteiger charge is 2.22. The number of ether oxygens (including phenoxy) is 1.